The zero-order chi connectivity index (χ0) is 22.0. The molecule has 4 rings (SSSR count). The molecule has 2 amide bonds. The van der Waals surface area contributed by atoms with Gasteiger partial charge in [-0.2, -0.15) is 0 Å². The van der Waals surface area contributed by atoms with E-state index in [1.54, 1.807) is 16.8 Å². The third kappa shape index (κ3) is 4.85. The van der Waals surface area contributed by atoms with Gasteiger partial charge in [0.1, 0.15) is 22.4 Å². The second-order valence-corrected chi connectivity index (χ2v) is 9.42. The van der Waals surface area contributed by atoms with Crippen LogP contribution < -0.4 is 4.74 Å². The van der Waals surface area contributed by atoms with E-state index in [0.29, 0.717) is 23.9 Å². The first kappa shape index (κ1) is 21.6. The van der Waals surface area contributed by atoms with Crippen LogP contribution in [0.3, 0.4) is 0 Å². The van der Waals surface area contributed by atoms with Crippen LogP contribution in [0, 0.1) is 0 Å². The second kappa shape index (κ2) is 9.28. The molecule has 0 radical (unpaired) electrons. The van der Waals surface area contributed by atoms with Crippen LogP contribution in [0.1, 0.15) is 18.1 Å². The predicted octanol–water partition coefficient (Wildman–Crippen LogP) is 4.26. The maximum Gasteiger partial charge on any atom is 0.410 e. The van der Waals surface area contributed by atoms with Gasteiger partial charge in [0.05, 0.1) is 11.3 Å². The lowest BCUT2D eigenvalue weighted by atomic mass is 10.1. The van der Waals surface area contributed by atoms with Gasteiger partial charge in [0.15, 0.2) is 0 Å². The summed E-state index contributed by atoms with van der Waals surface area (Å²) in [7, 11) is 1.72. The van der Waals surface area contributed by atoms with Gasteiger partial charge in [0, 0.05) is 13.6 Å². The highest BCUT2D eigenvalue weighted by molar-refractivity contribution is 8.24. The molecule has 0 saturated carbocycles. The summed E-state index contributed by atoms with van der Waals surface area (Å²) in [6, 6.07) is 15.8. The van der Waals surface area contributed by atoms with E-state index >= 15 is 0 Å². The van der Waals surface area contributed by atoms with E-state index in [9.17, 15) is 9.59 Å². The number of ether oxygens (including phenoxy) is 2. The van der Waals surface area contributed by atoms with E-state index in [-0.39, 0.29) is 23.3 Å². The molecule has 0 aliphatic carbocycles. The van der Waals surface area contributed by atoms with Gasteiger partial charge in [0.2, 0.25) is 5.91 Å². The average Bonchev–Trinajstić information content (AvgIpc) is 3.24. The maximum absolute atomic E-state index is 12.2. The van der Waals surface area contributed by atoms with Crippen LogP contribution in [-0.2, 0) is 22.4 Å². The Kier molecular flexibility index (Phi) is 6.48. The van der Waals surface area contributed by atoms with Crippen molar-refractivity contribution in [3.05, 3.63) is 59.7 Å². The molecule has 0 spiro atoms. The minimum absolute atomic E-state index is 0.0611. The molecule has 6 nitrogen and oxygen atoms in total. The van der Waals surface area contributed by atoms with Crippen molar-refractivity contribution in [1.29, 1.82) is 0 Å². The van der Waals surface area contributed by atoms with E-state index in [0.717, 1.165) is 29.0 Å². The van der Waals surface area contributed by atoms with Crippen molar-refractivity contribution < 1.29 is 19.1 Å². The number of rotatable bonds is 7. The Labute approximate surface area is 191 Å². The Morgan fingerprint density at radius 1 is 1.03 bits per heavy atom. The number of thiocarbonyl (C=S) groups is 1. The monoisotopic (exact) mass is 456 g/mol. The summed E-state index contributed by atoms with van der Waals surface area (Å²) >= 11 is 6.64. The average molecular weight is 457 g/mol. The summed E-state index contributed by atoms with van der Waals surface area (Å²) < 4.78 is 11.7. The lowest BCUT2D eigenvalue weighted by molar-refractivity contribution is -0.125. The van der Waals surface area contributed by atoms with Crippen molar-refractivity contribution >= 4 is 40.3 Å². The number of nitrogens with zero attached hydrogens (tertiary/aromatic N) is 2. The fraction of sp³-hybridized carbons (Fsp3) is 0.348. The van der Waals surface area contributed by atoms with Crippen LogP contribution in [0.5, 0.6) is 11.5 Å². The molecule has 0 bridgehead atoms. The largest absolute Gasteiger partial charge is 0.457 e. The van der Waals surface area contributed by atoms with Crippen molar-refractivity contribution in [3.63, 3.8) is 0 Å². The number of hydrogen-bond acceptors (Lipinski definition) is 6. The SMILES string of the molecule is CCN1C(=O)OCC1Cc1ccc(Oc2ccc(CC3SC(=S)N(C)C3=O)cc2)cc1. The highest BCUT2D eigenvalue weighted by atomic mass is 32.2. The summed E-state index contributed by atoms with van der Waals surface area (Å²) in [5.41, 5.74) is 2.20. The van der Waals surface area contributed by atoms with E-state index in [4.69, 9.17) is 21.7 Å². The summed E-state index contributed by atoms with van der Waals surface area (Å²) in [6.45, 7) is 3.04. The Morgan fingerprint density at radius 3 is 2.13 bits per heavy atom. The Hall–Kier alpha value is -2.58. The van der Waals surface area contributed by atoms with Crippen molar-refractivity contribution in [1.82, 2.24) is 9.80 Å². The third-order valence-electron chi connectivity index (χ3n) is 5.51. The minimum atomic E-state index is -0.235. The number of carbonyl (C=O) groups is 2. The lowest BCUT2D eigenvalue weighted by Crippen LogP contribution is -2.34. The number of hydrogen-bond donors (Lipinski definition) is 0. The zero-order valence-electron chi connectivity index (χ0n) is 17.4. The molecule has 31 heavy (non-hydrogen) atoms. The molecule has 2 atom stereocenters. The van der Waals surface area contributed by atoms with Gasteiger partial charge in [-0.25, -0.2) is 4.79 Å². The van der Waals surface area contributed by atoms with Gasteiger partial charge >= 0.3 is 6.09 Å². The Balaban J connectivity index is 1.33. The maximum atomic E-state index is 12.2. The van der Waals surface area contributed by atoms with Crippen molar-refractivity contribution in [3.8, 4) is 11.5 Å². The number of thioether (sulfide) groups is 1. The molecule has 0 N–H and O–H groups in total. The van der Waals surface area contributed by atoms with Gasteiger partial charge in [-0.05, 0) is 55.2 Å². The number of amides is 2. The van der Waals surface area contributed by atoms with E-state index < -0.39 is 0 Å². The molecule has 2 saturated heterocycles. The lowest BCUT2D eigenvalue weighted by Gasteiger charge is -2.19. The first-order valence-corrected chi connectivity index (χ1v) is 11.5. The fourth-order valence-electron chi connectivity index (χ4n) is 3.74. The molecule has 2 heterocycles. The van der Waals surface area contributed by atoms with E-state index in [2.05, 4.69) is 0 Å². The molecule has 8 heteroatoms. The number of carbonyl (C=O) groups excluding carboxylic acids is 2. The highest BCUT2D eigenvalue weighted by Crippen LogP contribution is 2.30. The molecule has 2 aromatic carbocycles. The van der Waals surface area contributed by atoms with Crippen molar-refractivity contribution in [2.75, 3.05) is 20.2 Å². The second-order valence-electron chi connectivity index (χ2n) is 7.58. The standard InChI is InChI=1S/C23H24N2O4S2/c1-3-25-17(14-28-22(25)27)12-15-4-8-18(9-5-15)29-19-10-6-16(7-11-19)13-20-21(26)24(2)23(30)31-20/h4-11,17,20H,3,12-14H2,1-2H3. The van der Waals surface area contributed by atoms with Crippen LogP contribution in [0.4, 0.5) is 4.79 Å². The summed E-state index contributed by atoms with van der Waals surface area (Å²) in [6.07, 6.45) is 1.16. The van der Waals surface area contributed by atoms with E-state index in [1.807, 2.05) is 55.5 Å². The Morgan fingerprint density at radius 2 is 1.61 bits per heavy atom. The van der Waals surface area contributed by atoms with Crippen LogP contribution in [0.25, 0.3) is 0 Å². The topological polar surface area (TPSA) is 59.1 Å². The highest BCUT2D eigenvalue weighted by Gasteiger charge is 2.34. The quantitative estimate of drug-likeness (QED) is 0.580. The molecule has 2 aromatic rings. The minimum Gasteiger partial charge on any atom is -0.457 e. The molecule has 2 aliphatic rings. The van der Waals surface area contributed by atoms with Gasteiger partial charge < -0.3 is 14.4 Å². The number of likely N-dealkylation sites (N-methyl/N-ethyl adjacent to an activating group) is 1. The summed E-state index contributed by atoms with van der Waals surface area (Å²) in [5, 5.41) is -0.152. The smallest absolute Gasteiger partial charge is 0.410 e. The van der Waals surface area contributed by atoms with Gasteiger partial charge in [-0.15, -0.1) is 0 Å². The van der Waals surface area contributed by atoms with Gasteiger partial charge in [0.25, 0.3) is 0 Å². The molecule has 162 valence electrons. The molecule has 2 unspecified atom stereocenters. The van der Waals surface area contributed by atoms with Crippen LogP contribution in [0.2, 0.25) is 0 Å². The van der Waals surface area contributed by atoms with Crippen LogP contribution in [-0.4, -0.2) is 57.6 Å². The van der Waals surface area contributed by atoms with Crippen LogP contribution >= 0.6 is 24.0 Å². The molecule has 2 aliphatic heterocycles. The fourth-order valence-corrected chi connectivity index (χ4v) is 5.21. The van der Waals surface area contributed by atoms with Crippen LogP contribution in [0.15, 0.2) is 48.5 Å². The van der Waals surface area contributed by atoms with Gasteiger partial charge in [-0.1, -0.05) is 48.2 Å². The number of cyclic esters (lactones) is 1. The van der Waals surface area contributed by atoms with Crippen molar-refractivity contribution in [2.24, 2.45) is 0 Å². The zero-order valence-corrected chi connectivity index (χ0v) is 19.1. The van der Waals surface area contributed by atoms with Crippen molar-refractivity contribution in [2.45, 2.75) is 31.1 Å². The number of benzene rings is 2. The molecule has 0 aromatic heterocycles. The summed E-state index contributed by atoms with van der Waals surface area (Å²) in [5.74, 6) is 1.54. The Bertz CT molecular complexity index is 978. The third-order valence-corrected chi connectivity index (χ3v) is 7.20. The summed E-state index contributed by atoms with van der Waals surface area (Å²) in [4.78, 5) is 27.2. The normalized spacial score (nSPS) is 21.0. The predicted molar refractivity (Wildman–Crippen MR) is 125 cm³/mol. The first-order valence-electron chi connectivity index (χ1n) is 10.2. The van der Waals surface area contributed by atoms with Gasteiger partial charge in [-0.3, -0.25) is 9.69 Å². The first-order chi connectivity index (χ1) is 14.9. The molecular weight excluding hydrogens is 432 g/mol. The molecule has 2 fully saturated rings. The molecular formula is C23H24N2O4S2. The van der Waals surface area contributed by atoms with E-state index in [1.165, 1.54) is 11.8 Å².